The van der Waals surface area contributed by atoms with Gasteiger partial charge in [-0.25, -0.2) is 13.8 Å². The average Bonchev–Trinajstić information content (AvgIpc) is 3.38. The fourth-order valence-electron chi connectivity index (χ4n) is 7.17. The number of nitrogens with one attached hydrogen (secondary N) is 1. The van der Waals surface area contributed by atoms with Crippen LogP contribution >= 0.6 is 0 Å². The van der Waals surface area contributed by atoms with Crippen LogP contribution in [-0.4, -0.2) is 78.9 Å². The van der Waals surface area contributed by atoms with E-state index in [-0.39, 0.29) is 34.1 Å². The fourth-order valence-corrected chi connectivity index (χ4v) is 7.17. The molecule has 7 rings (SSSR count). The standard InChI is InChI=1S/C35H36F2N6O2/c1-6-24-26(36)13-10-21-8-7-9-25(27(21)24)30-29(37)31-28(33(39-30)44-5)32(43-16-22-11-12-23(17-43)38-22)41-34(40-31)45-19-35(3)18-42(4)15-14-20(35)2/h1,7-10,13,22-23,38H,2,11-12,14-19H2,3-5H3/t22-,23+,35-/m0/s1. The molecule has 0 radical (unpaired) electrons. The van der Waals surface area contributed by atoms with E-state index in [2.05, 4.69) is 51.6 Å². The largest absolute Gasteiger partial charge is 0.480 e. The van der Waals surface area contributed by atoms with Crippen molar-refractivity contribution in [1.29, 1.82) is 0 Å². The van der Waals surface area contributed by atoms with E-state index in [1.54, 1.807) is 24.3 Å². The first-order valence-electron chi connectivity index (χ1n) is 15.3. The first-order chi connectivity index (χ1) is 21.7. The van der Waals surface area contributed by atoms with Crippen LogP contribution in [0.15, 0.2) is 42.5 Å². The van der Waals surface area contributed by atoms with E-state index in [1.807, 2.05) is 0 Å². The molecule has 0 aliphatic carbocycles. The predicted octanol–water partition coefficient (Wildman–Crippen LogP) is 5.33. The summed E-state index contributed by atoms with van der Waals surface area (Å²) >= 11 is 0. The molecule has 0 unspecified atom stereocenters. The number of nitrogens with zero attached hydrogens (tertiary/aromatic N) is 5. The van der Waals surface area contributed by atoms with Crippen LogP contribution < -0.4 is 19.7 Å². The van der Waals surface area contributed by atoms with E-state index in [4.69, 9.17) is 20.9 Å². The molecule has 3 fully saturated rings. The number of fused-ring (bicyclic) bond motifs is 4. The Kier molecular flexibility index (Phi) is 7.34. The fraction of sp³-hybridized carbons (Fsp3) is 0.400. The molecule has 3 aliphatic heterocycles. The molecule has 2 aromatic heterocycles. The van der Waals surface area contributed by atoms with Crippen LogP contribution in [0.25, 0.3) is 32.9 Å². The Morgan fingerprint density at radius 1 is 1.11 bits per heavy atom. The van der Waals surface area contributed by atoms with Crippen molar-refractivity contribution in [3.8, 4) is 35.5 Å². The lowest BCUT2D eigenvalue weighted by molar-refractivity contribution is 0.112. The SMILES string of the molecule is C#Cc1c(F)ccc2cccc(-c3nc(OC)c4c(N5C[C@H]6CC[C@@H](C5)N6)nc(OC[C@]5(C)CN(C)CCC5=C)nc4c3F)c12. The minimum Gasteiger partial charge on any atom is -0.480 e. The number of rotatable bonds is 6. The molecule has 5 heterocycles. The third kappa shape index (κ3) is 5.04. The summed E-state index contributed by atoms with van der Waals surface area (Å²) in [6, 6.07) is 8.84. The minimum absolute atomic E-state index is 0.0168. The first kappa shape index (κ1) is 29.4. The quantitative estimate of drug-likeness (QED) is 0.232. The van der Waals surface area contributed by atoms with Crippen molar-refractivity contribution in [3.05, 3.63) is 59.7 Å². The highest BCUT2D eigenvalue weighted by Crippen LogP contribution is 2.42. The van der Waals surface area contributed by atoms with Crippen molar-refractivity contribution in [2.24, 2.45) is 5.41 Å². The van der Waals surface area contributed by atoms with Gasteiger partial charge in [-0.3, -0.25) is 0 Å². The maximum absolute atomic E-state index is 17.0. The van der Waals surface area contributed by atoms with Crippen LogP contribution in [0.1, 0.15) is 31.7 Å². The molecular weight excluding hydrogens is 574 g/mol. The maximum Gasteiger partial charge on any atom is 0.319 e. The van der Waals surface area contributed by atoms with Gasteiger partial charge in [-0.05, 0) is 37.8 Å². The number of piperidine rings is 1. The molecule has 10 heteroatoms. The van der Waals surface area contributed by atoms with Crippen LogP contribution in [0.3, 0.4) is 0 Å². The highest BCUT2D eigenvalue weighted by Gasteiger charge is 2.37. The number of terminal acetylenes is 1. The molecule has 3 saturated heterocycles. The summed E-state index contributed by atoms with van der Waals surface area (Å²) in [6.07, 6.45) is 8.73. The molecule has 1 N–H and O–H groups in total. The van der Waals surface area contributed by atoms with E-state index >= 15 is 4.39 Å². The summed E-state index contributed by atoms with van der Waals surface area (Å²) in [5.41, 5.74) is 1.14. The van der Waals surface area contributed by atoms with E-state index in [0.29, 0.717) is 59.3 Å². The molecule has 0 spiro atoms. The second kappa shape index (κ2) is 11.2. The van der Waals surface area contributed by atoms with Gasteiger partial charge >= 0.3 is 6.01 Å². The Morgan fingerprint density at radius 2 is 1.89 bits per heavy atom. The zero-order chi connectivity index (χ0) is 31.5. The maximum atomic E-state index is 17.0. The van der Waals surface area contributed by atoms with Crippen LogP contribution in [0.5, 0.6) is 11.9 Å². The summed E-state index contributed by atoms with van der Waals surface area (Å²) in [6.45, 7) is 9.84. The van der Waals surface area contributed by atoms with Crippen LogP contribution in [0, 0.1) is 29.4 Å². The highest BCUT2D eigenvalue weighted by molar-refractivity contribution is 6.03. The van der Waals surface area contributed by atoms with E-state index in [0.717, 1.165) is 37.9 Å². The first-order valence-corrected chi connectivity index (χ1v) is 15.3. The van der Waals surface area contributed by atoms with Crippen molar-refractivity contribution in [3.63, 3.8) is 0 Å². The number of methoxy groups -OCH3 is 1. The molecule has 0 saturated carbocycles. The Hall–Kier alpha value is -4.33. The number of likely N-dealkylation sites (tertiary alicyclic amines) is 1. The van der Waals surface area contributed by atoms with Crippen molar-refractivity contribution in [2.45, 2.75) is 38.3 Å². The molecule has 2 aromatic carbocycles. The molecule has 3 atom stereocenters. The number of halogens is 2. The Morgan fingerprint density at radius 3 is 2.62 bits per heavy atom. The van der Waals surface area contributed by atoms with E-state index in [9.17, 15) is 4.39 Å². The van der Waals surface area contributed by atoms with Gasteiger partial charge in [0.1, 0.15) is 34.8 Å². The number of ether oxygens (including phenoxy) is 2. The van der Waals surface area contributed by atoms with Gasteiger partial charge in [0.15, 0.2) is 5.82 Å². The third-order valence-corrected chi connectivity index (χ3v) is 9.60. The average molecular weight is 611 g/mol. The number of piperazine rings is 1. The molecule has 2 bridgehead atoms. The smallest absolute Gasteiger partial charge is 0.319 e. The number of aromatic nitrogens is 3. The molecule has 4 aromatic rings. The Bertz CT molecular complexity index is 1880. The molecule has 8 nitrogen and oxygen atoms in total. The second-order valence-corrected chi connectivity index (χ2v) is 12.8. The molecular formula is C35H36F2N6O2. The normalized spacial score (nSPS) is 23.5. The number of pyridine rings is 1. The molecule has 45 heavy (non-hydrogen) atoms. The van der Waals surface area contributed by atoms with E-state index < -0.39 is 11.6 Å². The zero-order valence-electron chi connectivity index (χ0n) is 25.8. The van der Waals surface area contributed by atoms with Gasteiger partial charge in [-0.1, -0.05) is 49.3 Å². The number of hydrogen-bond acceptors (Lipinski definition) is 8. The number of anilines is 1. The Balaban J connectivity index is 1.42. The zero-order valence-corrected chi connectivity index (χ0v) is 25.8. The van der Waals surface area contributed by atoms with Crippen molar-refractivity contribution in [2.75, 3.05) is 51.8 Å². The highest BCUT2D eigenvalue weighted by atomic mass is 19.1. The van der Waals surface area contributed by atoms with Crippen LogP contribution in [0.4, 0.5) is 14.6 Å². The minimum atomic E-state index is -0.690. The van der Waals surface area contributed by atoms with Gasteiger partial charge in [0.2, 0.25) is 5.88 Å². The lowest BCUT2D eigenvalue weighted by atomic mass is 9.79. The number of hydrogen-bond donors (Lipinski definition) is 1. The molecule has 3 aliphatic rings. The molecule has 232 valence electrons. The van der Waals surface area contributed by atoms with Crippen molar-refractivity contribution in [1.82, 2.24) is 25.2 Å². The topological polar surface area (TPSA) is 75.6 Å². The summed E-state index contributed by atoms with van der Waals surface area (Å²) in [5, 5.41) is 5.06. The van der Waals surface area contributed by atoms with Crippen LogP contribution in [-0.2, 0) is 0 Å². The van der Waals surface area contributed by atoms with Gasteiger partial charge in [0.05, 0.1) is 12.7 Å². The summed E-state index contributed by atoms with van der Waals surface area (Å²) in [4.78, 5) is 18.6. The van der Waals surface area contributed by atoms with Crippen molar-refractivity contribution < 1.29 is 18.3 Å². The lowest BCUT2D eigenvalue weighted by Crippen LogP contribution is -2.51. The summed E-state index contributed by atoms with van der Waals surface area (Å²) in [5.74, 6) is 1.87. The lowest BCUT2D eigenvalue weighted by Gasteiger charge is -2.40. The van der Waals surface area contributed by atoms with Gasteiger partial charge in [-0.2, -0.15) is 9.97 Å². The van der Waals surface area contributed by atoms with E-state index in [1.165, 1.54) is 13.2 Å². The number of benzene rings is 2. The van der Waals surface area contributed by atoms with Crippen LogP contribution in [0.2, 0.25) is 0 Å². The summed E-state index contributed by atoms with van der Waals surface area (Å²) < 4.78 is 43.9. The summed E-state index contributed by atoms with van der Waals surface area (Å²) in [7, 11) is 3.57. The Labute approximate surface area is 261 Å². The van der Waals surface area contributed by atoms with Gasteiger partial charge < -0.3 is 24.6 Å². The van der Waals surface area contributed by atoms with Crippen molar-refractivity contribution >= 4 is 27.5 Å². The van der Waals surface area contributed by atoms with Gasteiger partial charge in [0, 0.05) is 54.6 Å². The van der Waals surface area contributed by atoms with Gasteiger partial charge in [0.25, 0.3) is 0 Å². The monoisotopic (exact) mass is 610 g/mol. The predicted molar refractivity (Wildman–Crippen MR) is 172 cm³/mol. The van der Waals surface area contributed by atoms with Gasteiger partial charge in [-0.15, -0.1) is 6.42 Å². The third-order valence-electron chi connectivity index (χ3n) is 9.60. The second-order valence-electron chi connectivity index (χ2n) is 12.8. The molecule has 0 amide bonds.